The highest BCUT2D eigenvalue weighted by atomic mass is 16.6. The van der Waals surface area contributed by atoms with Gasteiger partial charge < -0.3 is 33.3 Å². The van der Waals surface area contributed by atoms with Crippen molar-refractivity contribution in [2.45, 2.75) is 258 Å². The van der Waals surface area contributed by atoms with Crippen LogP contribution in [-0.2, 0) is 57.2 Å². The molecule has 2 atom stereocenters. The molecular formula is C58H99N3O13. The molecule has 0 radical (unpaired) electrons. The summed E-state index contributed by atoms with van der Waals surface area (Å²) in [5.74, 6) is -3.92. The van der Waals surface area contributed by atoms with Crippen molar-refractivity contribution in [2.24, 2.45) is 11.8 Å². The Bertz CT molecular complexity index is 1500. The summed E-state index contributed by atoms with van der Waals surface area (Å²) in [5, 5.41) is 0. The Morgan fingerprint density at radius 3 is 1.04 bits per heavy atom. The van der Waals surface area contributed by atoms with Crippen molar-refractivity contribution in [3.05, 3.63) is 18.7 Å². The van der Waals surface area contributed by atoms with E-state index in [1.54, 1.807) is 4.90 Å². The summed E-state index contributed by atoms with van der Waals surface area (Å²) in [6.45, 7) is 7.88. The lowest BCUT2D eigenvalue weighted by molar-refractivity contribution is -0.156. The fourth-order valence-corrected chi connectivity index (χ4v) is 9.11. The third-order valence-electron chi connectivity index (χ3n) is 13.7. The molecule has 2 heterocycles. The summed E-state index contributed by atoms with van der Waals surface area (Å²) in [7, 11) is 0. The highest BCUT2D eigenvalue weighted by molar-refractivity contribution is 5.78. The molecule has 0 aliphatic carbocycles. The van der Waals surface area contributed by atoms with Crippen LogP contribution in [0.15, 0.2) is 18.7 Å². The molecule has 0 N–H and O–H groups in total. The van der Waals surface area contributed by atoms with Gasteiger partial charge in [0.25, 0.3) is 0 Å². The van der Waals surface area contributed by atoms with Crippen LogP contribution in [0.25, 0.3) is 0 Å². The minimum atomic E-state index is -0.633. The number of ether oxygens (including phenoxy) is 6. The first-order valence-electron chi connectivity index (χ1n) is 29.2. The second kappa shape index (κ2) is 43.7. The van der Waals surface area contributed by atoms with Gasteiger partial charge in [0.1, 0.15) is 19.5 Å². The smallest absolute Gasteiger partial charge is 0.330 e. The maximum Gasteiger partial charge on any atom is 0.330 e. The molecule has 16 heteroatoms. The quantitative estimate of drug-likeness (QED) is 0.0340. The van der Waals surface area contributed by atoms with E-state index in [-0.39, 0.29) is 102 Å². The number of amides is 1. The number of likely N-dealkylation sites (tertiary alicyclic amines) is 1. The van der Waals surface area contributed by atoms with E-state index in [9.17, 15) is 33.6 Å². The van der Waals surface area contributed by atoms with Gasteiger partial charge in [0.05, 0.1) is 51.4 Å². The van der Waals surface area contributed by atoms with Gasteiger partial charge in [-0.1, -0.05) is 169 Å². The van der Waals surface area contributed by atoms with Crippen LogP contribution < -0.4 is 0 Å². The van der Waals surface area contributed by atoms with Gasteiger partial charge in [0.15, 0.2) is 0 Å². The Morgan fingerprint density at radius 2 is 0.743 bits per heavy atom. The van der Waals surface area contributed by atoms with Crippen molar-refractivity contribution >= 4 is 41.8 Å². The second-order valence-corrected chi connectivity index (χ2v) is 20.6. The molecule has 1 amide bonds. The molecule has 1 aliphatic heterocycles. The molecule has 1 aromatic rings. The van der Waals surface area contributed by atoms with E-state index in [1.165, 1.54) is 49.0 Å². The minimum Gasteiger partial charge on any atom is -0.465 e. The highest BCUT2D eigenvalue weighted by Crippen LogP contribution is 2.26. The van der Waals surface area contributed by atoms with E-state index in [1.807, 2.05) is 0 Å². The summed E-state index contributed by atoms with van der Waals surface area (Å²) in [4.78, 5) is 98.0. The van der Waals surface area contributed by atoms with Crippen molar-refractivity contribution in [2.75, 3.05) is 39.6 Å². The average Bonchev–Trinajstić information content (AvgIpc) is 3.86. The standard InChI is InChI=1S/C58H99N3O13/c1-5-9-13-17-21-25-33-52(62)69-41-48(42-70-53(63)34-26-22-18-14-10-6-2)39-56(66)73-45-50-31-29-30-32-51(61(50)58(68)60-38-37-59-47-60)46-74-57(67)40-49(43-71-54(64)35-27-23-19-15-11-7-3)44-72-55(65)36-28-24-20-16-12-8-4/h37-38,47-51H,5-36,39-46H2,1-4H3/t50-,51-/m0/s1. The second-order valence-electron chi connectivity index (χ2n) is 20.6. The third-order valence-corrected chi connectivity index (χ3v) is 13.7. The molecule has 0 bridgehead atoms. The molecule has 1 saturated heterocycles. The normalized spacial score (nSPS) is 14.6. The van der Waals surface area contributed by atoms with Gasteiger partial charge in [-0.05, 0) is 38.5 Å². The number of aromatic nitrogens is 2. The van der Waals surface area contributed by atoms with Crippen LogP contribution in [0.4, 0.5) is 4.79 Å². The number of nitrogens with zero attached hydrogens (tertiary/aromatic N) is 3. The van der Waals surface area contributed by atoms with Gasteiger partial charge in [0, 0.05) is 49.9 Å². The Morgan fingerprint density at radius 1 is 0.432 bits per heavy atom. The molecular weight excluding hydrogens is 947 g/mol. The van der Waals surface area contributed by atoms with E-state index in [0.717, 1.165) is 103 Å². The van der Waals surface area contributed by atoms with Crippen LogP contribution in [0.5, 0.6) is 0 Å². The Hall–Kier alpha value is -4.50. The first-order valence-corrected chi connectivity index (χ1v) is 29.2. The lowest BCUT2D eigenvalue weighted by Gasteiger charge is -2.35. The van der Waals surface area contributed by atoms with Crippen molar-refractivity contribution in [1.29, 1.82) is 0 Å². The van der Waals surface area contributed by atoms with Crippen LogP contribution in [0.1, 0.15) is 246 Å². The van der Waals surface area contributed by atoms with E-state index in [0.29, 0.717) is 51.4 Å². The lowest BCUT2D eigenvalue weighted by atomic mass is 10.1. The van der Waals surface area contributed by atoms with Crippen molar-refractivity contribution in [1.82, 2.24) is 14.5 Å². The molecule has 0 saturated carbocycles. The van der Waals surface area contributed by atoms with E-state index >= 15 is 0 Å². The monoisotopic (exact) mass is 1050 g/mol. The largest absolute Gasteiger partial charge is 0.465 e. The van der Waals surface area contributed by atoms with Crippen molar-refractivity contribution < 1.29 is 62.0 Å². The number of imidazole rings is 1. The zero-order valence-corrected chi connectivity index (χ0v) is 46.5. The highest BCUT2D eigenvalue weighted by Gasteiger charge is 2.36. The number of esters is 6. The topological polar surface area (TPSA) is 196 Å². The van der Waals surface area contributed by atoms with Crippen LogP contribution in [0, 0.1) is 11.8 Å². The van der Waals surface area contributed by atoms with Gasteiger partial charge in [-0.15, -0.1) is 0 Å². The Balaban J connectivity index is 2.12. The summed E-state index contributed by atoms with van der Waals surface area (Å²) < 4.78 is 35.5. The van der Waals surface area contributed by atoms with Gasteiger partial charge in [-0.25, -0.2) is 9.78 Å². The zero-order valence-electron chi connectivity index (χ0n) is 46.5. The number of unbranched alkanes of at least 4 members (excludes halogenated alkanes) is 20. The third kappa shape index (κ3) is 32.7. The fourth-order valence-electron chi connectivity index (χ4n) is 9.11. The molecule has 1 aromatic heterocycles. The molecule has 16 nitrogen and oxygen atoms in total. The molecule has 1 fully saturated rings. The first kappa shape index (κ1) is 65.6. The van der Waals surface area contributed by atoms with Crippen molar-refractivity contribution in [3.63, 3.8) is 0 Å². The van der Waals surface area contributed by atoms with E-state index in [2.05, 4.69) is 32.7 Å². The summed E-state index contributed by atoms with van der Waals surface area (Å²) in [6.07, 6.45) is 32.1. The van der Waals surface area contributed by atoms with Crippen LogP contribution in [-0.4, -0.2) is 108 Å². The molecule has 2 rings (SSSR count). The maximum absolute atomic E-state index is 14.2. The van der Waals surface area contributed by atoms with Crippen molar-refractivity contribution in [3.8, 4) is 0 Å². The molecule has 1 aliphatic rings. The Labute approximate surface area is 445 Å². The molecule has 0 unspecified atom stereocenters. The van der Waals surface area contributed by atoms with Gasteiger partial charge in [0.2, 0.25) is 0 Å². The first-order chi connectivity index (χ1) is 36.0. The van der Waals surface area contributed by atoms with Crippen LogP contribution in [0.3, 0.4) is 0 Å². The maximum atomic E-state index is 14.2. The lowest BCUT2D eigenvalue weighted by Crippen LogP contribution is -2.51. The van der Waals surface area contributed by atoms with E-state index < -0.39 is 41.9 Å². The summed E-state index contributed by atoms with van der Waals surface area (Å²) in [6, 6.07) is -1.60. The van der Waals surface area contributed by atoms with Gasteiger partial charge >= 0.3 is 41.8 Å². The van der Waals surface area contributed by atoms with Crippen LogP contribution in [0.2, 0.25) is 0 Å². The molecule has 0 aromatic carbocycles. The number of carbonyl (C=O) groups is 7. The predicted octanol–water partition coefficient (Wildman–Crippen LogP) is 12.7. The summed E-state index contributed by atoms with van der Waals surface area (Å²) in [5.41, 5.74) is 0. The SMILES string of the molecule is CCCCCCCCC(=O)OCC(COC(=O)CCCCCCCC)CC(=O)OC[C@@H]1CCCC[C@@H](COC(=O)CC(COC(=O)CCCCCCCC)COC(=O)CCCCCCCC)N1C(=O)n1ccnc1. The number of hydrogen-bond acceptors (Lipinski definition) is 14. The number of rotatable bonds is 44. The summed E-state index contributed by atoms with van der Waals surface area (Å²) >= 11 is 0. The zero-order chi connectivity index (χ0) is 53.9. The van der Waals surface area contributed by atoms with Gasteiger partial charge in [-0.3, -0.25) is 33.3 Å². The average molecular weight is 1050 g/mol. The molecule has 424 valence electrons. The van der Waals surface area contributed by atoms with Crippen LogP contribution >= 0.6 is 0 Å². The fraction of sp³-hybridized carbons (Fsp3) is 0.828. The predicted molar refractivity (Wildman–Crippen MR) is 285 cm³/mol. The number of hydrogen-bond donors (Lipinski definition) is 0. The Kier molecular flexibility index (Phi) is 38.8. The van der Waals surface area contributed by atoms with E-state index in [4.69, 9.17) is 28.4 Å². The van der Waals surface area contributed by atoms with Gasteiger partial charge in [-0.2, -0.15) is 0 Å². The minimum absolute atomic E-state index is 0.111. The number of carbonyl (C=O) groups excluding carboxylic acids is 7. The molecule has 0 spiro atoms. The molecule has 74 heavy (non-hydrogen) atoms.